The lowest BCUT2D eigenvalue weighted by Crippen LogP contribution is -2.37. The summed E-state index contributed by atoms with van der Waals surface area (Å²) in [6.07, 6.45) is 4.53. The van der Waals surface area contributed by atoms with Crippen molar-refractivity contribution in [2.24, 2.45) is 5.92 Å². The van der Waals surface area contributed by atoms with Crippen molar-refractivity contribution in [2.75, 3.05) is 50.9 Å². The van der Waals surface area contributed by atoms with Crippen LogP contribution in [-0.2, 0) is 16.1 Å². The normalized spacial score (nSPS) is 15.5. The third-order valence-corrected chi connectivity index (χ3v) is 9.37. The average Bonchev–Trinajstić information content (AvgIpc) is 3.60. The Morgan fingerprint density at radius 3 is 2.49 bits per heavy atom. The van der Waals surface area contributed by atoms with E-state index >= 15 is 4.39 Å². The molecule has 1 aliphatic heterocycles. The Kier molecular flexibility index (Phi) is 11.5. The van der Waals surface area contributed by atoms with E-state index < -0.39 is 5.82 Å². The summed E-state index contributed by atoms with van der Waals surface area (Å²) in [4.78, 5) is 46.9. The molecule has 2 fully saturated rings. The molecule has 0 spiro atoms. The average molecular weight is 647 g/mol. The smallest absolute Gasteiger partial charge is 0.253 e. The number of amides is 2. The van der Waals surface area contributed by atoms with Crippen molar-refractivity contribution >= 4 is 17.5 Å². The SMILES string of the molecule is CCN(C(=O)C1CCCC1)c1cc(-c2ccc(OCCCN3CCOCC3)c(F)c2)cc(C(=O)NCc2c(C)cc(C)[nH]c2=O)c1C. The summed E-state index contributed by atoms with van der Waals surface area (Å²) < 4.78 is 26.6. The number of anilines is 1. The number of benzene rings is 2. The van der Waals surface area contributed by atoms with Gasteiger partial charge in [0.2, 0.25) is 5.91 Å². The van der Waals surface area contributed by atoms with Crippen LogP contribution in [0.2, 0.25) is 0 Å². The quantitative estimate of drug-likeness (QED) is 0.246. The summed E-state index contributed by atoms with van der Waals surface area (Å²) in [5, 5.41) is 2.91. The predicted molar refractivity (Wildman–Crippen MR) is 182 cm³/mol. The maximum Gasteiger partial charge on any atom is 0.253 e. The minimum atomic E-state index is -0.495. The van der Waals surface area contributed by atoms with E-state index in [0.29, 0.717) is 46.7 Å². The molecule has 5 rings (SSSR count). The number of halogens is 1. The first-order valence-corrected chi connectivity index (χ1v) is 16.8. The van der Waals surface area contributed by atoms with Crippen molar-refractivity contribution in [2.45, 2.75) is 66.3 Å². The molecule has 0 unspecified atom stereocenters. The summed E-state index contributed by atoms with van der Waals surface area (Å²) in [7, 11) is 0. The van der Waals surface area contributed by atoms with Crippen molar-refractivity contribution in [1.82, 2.24) is 15.2 Å². The number of nitrogens with one attached hydrogen (secondary N) is 2. The van der Waals surface area contributed by atoms with Crippen LogP contribution in [-0.4, -0.2) is 67.7 Å². The molecule has 1 aliphatic carbocycles. The summed E-state index contributed by atoms with van der Waals surface area (Å²) in [6.45, 7) is 12.4. The van der Waals surface area contributed by atoms with E-state index in [1.807, 2.05) is 39.8 Å². The highest BCUT2D eigenvalue weighted by molar-refractivity contribution is 6.02. The molecule has 0 bridgehead atoms. The number of ether oxygens (including phenoxy) is 2. The molecule has 1 aromatic heterocycles. The molecule has 252 valence electrons. The van der Waals surface area contributed by atoms with Crippen LogP contribution in [0.5, 0.6) is 5.75 Å². The van der Waals surface area contributed by atoms with Gasteiger partial charge in [0.15, 0.2) is 11.6 Å². The number of aromatic amines is 1. The Labute approximate surface area is 276 Å². The molecule has 0 radical (unpaired) electrons. The molecule has 2 aromatic carbocycles. The first-order valence-electron chi connectivity index (χ1n) is 16.8. The van der Waals surface area contributed by atoms with Crippen molar-refractivity contribution in [3.63, 3.8) is 0 Å². The van der Waals surface area contributed by atoms with E-state index in [4.69, 9.17) is 9.47 Å². The van der Waals surface area contributed by atoms with Gasteiger partial charge < -0.3 is 24.7 Å². The molecule has 10 heteroatoms. The second-order valence-corrected chi connectivity index (χ2v) is 12.7. The molecule has 2 aliphatic rings. The van der Waals surface area contributed by atoms with Crippen LogP contribution in [0.25, 0.3) is 11.1 Å². The third kappa shape index (κ3) is 8.29. The van der Waals surface area contributed by atoms with Crippen LogP contribution in [0.15, 0.2) is 41.2 Å². The van der Waals surface area contributed by atoms with Crippen LogP contribution >= 0.6 is 0 Å². The van der Waals surface area contributed by atoms with E-state index in [-0.39, 0.29) is 35.6 Å². The van der Waals surface area contributed by atoms with Gasteiger partial charge in [-0.3, -0.25) is 19.3 Å². The lowest BCUT2D eigenvalue weighted by atomic mass is 9.95. The number of nitrogens with zero attached hydrogens (tertiary/aromatic N) is 2. The monoisotopic (exact) mass is 646 g/mol. The number of hydrogen-bond acceptors (Lipinski definition) is 6. The molecule has 1 saturated carbocycles. The number of pyridine rings is 1. The van der Waals surface area contributed by atoms with Crippen molar-refractivity contribution in [3.8, 4) is 16.9 Å². The Morgan fingerprint density at radius 2 is 1.81 bits per heavy atom. The van der Waals surface area contributed by atoms with E-state index in [0.717, 1.165) is 76.2 Å². The molecular formula is C37H47FN4O5. The highest BCUT2D eigenvalue weighted by atomic mass is 19.1. The number of carbonyl (C=O) groups is 2. The summed E-state index contributed by atoms with van der Waals surface area (Å²) in [5.41, 5.74) is 4.58. The van der Waals surface area contributed by atoms with Gasteiger partial charge in [0.05, 0.1) is 19.8 Å². The zero-order valence-corrected chi connectivity index (χ0v) is 28.0. The molecule has 2 N–H and O–H groups in total. The van der Waals surface area contributed by atoms with Gasteiger partial charge in [0.1, 0.15) is 0 Å². The van der Waals surface area contributed by atoms with Gasteiger partial charge in [0, 0.05) is 61.1 Å². The number of hydrogen-bond donors (Lipinski definition) is 2. The molecule has 1 saturated heterocycles. The first-order chi connectivity index (χ1) is 22.7. The second-order valence-electron chi connectivity index (χ2n) is 12.7. The zero-order valence-electron chi connectivity index (χ0n) is 28.0. The minimum Gasteiger partial charge on any atom is -0.490 e. The number of carbonyl (C=O) groups excluding carboxylic acids is 2. The fourth-order valence-electron chi connectivity index (χ4n) is 6.68. The van der Waals surface area contributed by atoms with E-state index in [2.05, 4.69) is 15.2 Å². The molecular weight excluding hydrogens is 599 g/mol. The van der Waals surface area contributed by atoms with Crippen LogP contribution in [0.1, 0.15) is 71.8 Å². The number of aromatic nitrogens is 1. The van der Waals surface area contributed by atoms with Crippen molar-refractivity contribution in [1.29, 1.82) is 0 Å². The fraction of sp³-hybridized carbons (Fsp3) is 0.486. The Hall–Kier alpha value is -4.02. The van der Waals surface area contributed by atoms with Gasteiger partial charge >= 0.3 is 0 Å². The lowest BCUT2D eigenvalue weighted by molar-refractivity contribution is -0.122. The van der Waals surface area contributed by atoms with Crippen molar-refractivity contribution in [3.05, 3.63) is 80.5 Å². The zero-order chi connectivity index (χ0) is 33.5. The Bertz CT molecular complexity index is 1640. The van der Waals surface area contributed by atoms with Gasteiger partial charge in [-0.15, -0.1) is 0 Å². The largest absolute Gasteiger partial charge is 0.490 e. The Balaban J connectivity index is 1.41. The highest BCUT2D eigenvalue weighted by Crippen LogP contribution is 2.35. The van der Waals surface area contributed by atoms with Crippen LogP contribution in [0, 0.1) is 32.5 Å². The minimum absolute atomic E-state index is 0.0456. The van der Waals surface area contributed by atoms with Crippen LogP contribution < -0.4 is 20.5 Å². The Morgan fingerprint density at radius 1 is 1.06 bits per heavy atom. The second kappa shape index (κ2) is 15.7. The molecule has 2 heterocycles. The number of morpholine rings is 1. The summed E-state index contributed by atoms with van der Waals surface area (Å²) in [5.74, 6) is -0.708. The van der Waals surface area contributed by atoms with Gasteiger partial charge in [-0.25, -0.2) is 4.39 Å². The predicted octanol–water partition coefficient (Wildman–Crippen LogP) is 5.68. The van der Waals surface area contributed by atoms with Crippen LogP contribution in [0.4, 0.5) is 10.1 Å². The molecule has 0 atom stereocenters. The highest BCUT2D eigenvalue weighted by Gasteiger charge is 2.29. The third-order valence-electron chi connectivity index (χ3n) is 9.37. The van der Waals surface area contributed by atoms with Gasteiger partial charge in [-0.05, 0) is 99.5 Å². The molecule has 9 nitrogen and oxygen atoms in total. The van der Waals surface area contributed by atoms with Gasteiger partial charge in [0.25, 0.3) is 11.5 Å². The molecule has 47 heavy (non-hydrogen) atoms. The number of aryl methyl sites for hydroxylation is 2. The van der Waals surface area contributed by atoms with Gasteiger partial charge in [-0.1, -0.05) is 18.9 Å². The topological polar surface area (TPSA) is 104 Å². The van der Waals surface area contributed by atoms with Crippen LogP contribution in [0.3, 0.4) is 0 Å². The van der Waals surface area contributed by atoms with Gasteiger partial charge in [-0.2, -0.15) is 0 Å². The summed E-state index contributed by atoms with van der Waals surface area (Å²) in [6, 6.07) is 10.3. The lowest BCUT2D eigenvalue weighted by Gasteiger charge is -2.28. The first kappa shape index (κ1) is 34.3. The summed E-state index contributed by atoms with van der Waals surface area (Å²) >= 11 is 0. The number of rotatable bonds is 12. The van der Waals surface area contributed by atoms with E-state index in [9.17, 15) is 14.4 Å². The molecule has 2 amide bonds. The van der Waals surface area contributed by atoms with E-state index in [1.54, 1.807) is 23.1 Å². The maximum absolute atomic E-state index is 15.4. The fourth-order valence-corrected chi connectivity index (χ4v) is 6.68. The van der Waals surface area contributed by atoms with E-state index in [1.165, 1.54) is 6.07 Å². The van der Waals surface area contributed by atoms with Crippen molar-refractivity contribution < 1.29 is 23.5 Å². The number of H-pyrrole nitrogens is 1. The molecule has 3 aromatic rings. The maximum atomic E-state index is 15.4. The standard InChI is InChI=1S/C37H47FN4O5/c1-5-42(37(45)27-9-6-7-10-27)33-22-29(20-30(26(33)4)35(43)39-23-31-24(2)19-25(3)40-36(31)44)28-11-12-34(32(38)21-28)47-16-8-13-41-14-17-46-18-15-41/h11-12,19-22,27H,5-10,13-18,23H2,1-4H3,(H,39,43)(H,40,44).